The van der Waals surface area contributed by atoms with Crippen molar-refractivity contribution >= 4 is 5.69 Å². The summed E-state index contributed by atoms with van der Waals surface area (Å²) < 4.78 is 0. The van der Waals surface area contributed by atoms with E-state index in [1.165, 1.54) is 44.8 Å². The van der Waals surface area contributed by atoms with Gasteiger partial charge in [-0.15, -0.1) is 0 Å². The van der Waals surface area contributed by atoms with Crippen molar-refractivity contribution in [3.8, 4) is 11.1 Å². The fraction of sp³-hybridized carbons (Fsp3) is 0.257. The van der Waals surface area contributed by atoms with E-state index in [4.69, 9.17) is 0 Å². The summed E-state index contributed by atoms with van der Waals surface area (Å²) >= 11 is 0. The van der Waals surface area contributed by atoms with Crippen LogP contribution in [0.25, 0.3) is 11.1 Å². The zero-order chi connectivity index (χ0) is 24.9. The number of nitrogens with zero attached hydrogens (tertiary/aromatic N) is 1. The first kappa shape index (κ1) is 22.9. The Kier molecular flexibility index (Phi) is 5.41. The van der Waals surface area contributed by atoms with Crippen LogP contribution < -0.4 is 4.90 Å². The van der Waals surface area contributed by atoms with Crippen LogP contribution in [0, 0.1) is 0 Å². The molecule has 3 aromatic rings. The summed E-state index contributed by atoms with van der Waals surface area (Å²) in [5.74, 6) is 0.303. The molecule has 0 saturated carbocycles. The zero-order valence-electron chi connectivity index (χ0n) is 21.8. The number of hydrogen-bond acceptors (Lipinski definition) is 1. The number of hydrogen-bond donors (Lipinski definition) is 0. The largest absolute Gasteiger partial charge is 0.335 e. The zero-order valence-corrected chi connectivity index (χ0v) is 21.8. The van der Waals surface area contributed by atoms with Gasteiger partial charge in [0, 0.05) is 22.7 Å². The van der Waals surface area contributed by atoms with Crippen molar-refractivity contribution in [3.05, 3.63) is 137 Å². The van der Waals surface area contributed by atoms with E-state index in [0.29, 0.717) is 5.92 Å². The van der Waals surface area contributed by atoms with Crippen LogP contribution in [0.5, 0.6) is 0 Å². The van der Waals surface area contributed by atoms with E-state index in [0.717, 1.165) is 12.8 Å². The molecule has 0 aliphatic heterocycles. The topological polar surface area (TPSA) is 3.24 Å². The minimum absolute atomic E-state index is 0.00977. The summed E-state index contributed by atoms with van der Waals surface area (Å²) in [5.41, 5.74) is 10.9. The highest BCUT2D eigenvalue weighted by atomic mass is 15.2. The molecule has 0 fully saturated rings. The second-order valence-electron chi connectivity index (χ2n) is 11.3. The maximum Gasteiger partial charge on any atom is 0.0640 e. The molecule has 1 nitrogen and oxygen atoms in total. The molecule has 0 saturated heterocycles. The van der Waals surface area contributed by atoms with Gasteiger partial charge < -0.3 is 4.90 Å². The molecule has 0 radical (unpaired) electrons. The average molecular weight is 470 g/mol. The van der Waals surface area contributed by atoms with Gasteiger partial charge in [0.2, 0.25) is 0 Å². The van der Waals surface area contributed by atoms with Crippen LogP contribution in [0.1, 0.15) is 63.1 Å². The standard InChI is InChI=1S/C35H35N/c1-25-20-22-35(4,23-21-25)36(27-12-6-5-7-13-27)33-17-11-9-14-28(33)26-18-19-30-29-15-8-10-16-31(29)34(2,3)32(30)24-26/h5-13,15-22,24,28H,14,23H2,1-4H3. The minimum atomic E-state index is -0.123. The Labute approximate surface area is 216 Å². The van der Waals surface area contributed by atoms with Gasteiger partial charge >= 0.3 is 0 Å². The molecule has 0 heterocycles. The molecule has 3 aliphatic rings. The van der Waals surface area contributed by atoms with Gasteiger partial charge in [0.05, 0.1) is 5.54 Å². The molecule has 0 aromatic heterocycles. The van der Waals surface area contributed by atoms with Crippen molar-refractivity contribution in [2.45, 2.75) is 57.4 Å². The first-order valence-corrected chi connectivity index (χ1v) is 13.2. The molecule has 1 heteroatoms. The molecule has 0 N–H and O–H groups in total. The molecule has 0 spiro atoms. The van der Waals surface area contributed by atoms with Crippen LogP contribution in [0.3, 0.4) is 0 Å². The molecule has 3 aromatic carbocycles. The average Bonchev–Trinajstić information content (AvgIpc) is 3.13. The highest BCUT2D eigenvalue weighted by molar-refractivity contribution is 5.81. The lowest BCUT2D eigenvalue weighted by Gasteiger charge is -2.46. The van der Waals surface area contributed by atoms with Crippen molar-refractivity contribution in [1.82, 2.24) is 0 Å². The molecule has 36 heavy (non-hydrogen) atoms. The Morgan fingerprint density at radius 2 is 1.58 bits per heavy atom. The maximum absolute atomic E-state index is 2.59. The SMILES string of the molecule is CC1=CCC(C)(N(C2=CC=CCC2c2ccc3c(c2)C(C)(C)c2ccccc2-3)c2ccccc2)C=C1. The van der Waals surface area contributed by atoms with E-state index in [2.05, 4.69) is 142 Å². The van der Waals surface area contributed by atoms with Gasteiger partial charge in [-0.3, -0.25) is 0 Å². The van der Waals surface area contributed by atoms with Crippen LogP contribution in [0.15, 0.2) is 121 Å². The number of fused-ring (bicyclic) bond motifs is 3. The number of allylic oxidation sites excluding steroid dienone is 6. The molecule has 2 unspecified atom stereocenters. The van der Waals surface area contributed by atoms with Gasteiger partial charge in [0.25, 0.3) is 0 Å². The van der Waals surface area contributed by atoms with E-state index in [1.54, 1.807) is 0 Å². The van der Waals surface area contributed by atoms with Crippen molar-refractivity contribution < 1.29 is 0 Å². The van der Waals surface area contributed by atoms with Gasteiger partial charge in [-0.25, -0.2) is 0 Å². The van der Waals surface area contributed by atoms with Crippen LogP contribution >= 0.6 is 0 Å². The van der Waals surface area contributed by atoms with E-state index in [1.807, 2.05) is 0 Å². The molecular formula is C35H35N. The Hall–Kier alpha value is -3.58. The number of anilines is 1. The lowest BCUT2D eigenvalue weighted by atomic mass is 9.79. The first-order chi connectivity index (χ1) is 17.4. The quantitative estimate of drug-likeness (QED) is 0.368. The second kappa shape index (κ2) is 8.52. The van der Waals surface area contributed by atoms with Crippen molar-refractivity contribution in [2.75, 3.05) is 4.90 Å². The minimum Gasteiger partial charge on any atom is -0.335 e. The third-order valence-corrected chi connectivity index (χ3v) is 8.47. The lowest BCUT2D eigenvalue weighted by Crippen LogP contribution is -2.46. The van der Waals surface area contributed by atoms with Crippen molar-refractivity contribution in [2.24, 2.45) is 0 Å². The van der Waals surface area contributed by atoms with Crippen molar-refractivity contribution in [1.29, 1.82) is 0 Å². The third-order valence-electron chi connectivity index (χ3n) is 8.47. The van der Waals surface area contributed by atoms with Crippen LogP contribution in [-0.4, -0.2) is 5.54 Å². The summed E-state index contributed by atoms with van der Waals surface area (Å²) in [6.07, 6.45) is 16.0. The Bertz CT molecular complexity index is 1430. The molecule has 3 aliphatic carbocycles. The van der Waals surface area contributed by atoms with Gasteiger partial charge in [-0.05, 0) is 72.7 Å². The lowest BCUT2D eigenvalue weighted by molar-refractivity contribution is 0.526. The summed E-state index contributed by atoms with van der Waals surface area (Å²) in [4.78, 5) is 2.59. The number of benzene rings is 3. The predicted octanol–water partition coefficient (Wildman–Crippen LogP) is 9.09. The van der Waals surface area contributed by atoms with E-state index in [9.17, 15) is 0 Å². The highest BCUT2D eigenvalue weighted by Gasteiger charge is 2.38. The van der Waals surface area contributed by atoms with Crippen LogP contribution in [0.2, 0.25) is 0 Å². The fourth-order valence-corrected chi connectivity index (χ4v) is 6.39. The Balaban J connectivity index is 1.46. The molecule has 0 amide bonds. The molecule has 2 atom stereocenters. The number of rotatable bonds is 4. The maximum atomic E-state index is 2.59. The van der Waals surface area contributed by atoms with E-state index < -0.39 is 0 Å². The van der Waals surface area contributed by atoms with E-state index in [-0.39, 0.29) is 11.0 Å². The first-order valence-electron chi connectivity index (χ1n) is 13.2. The summed E-state index contributed by atoms with van der Waals surface area (Å²) in [7, 11) is 0. The smallest absolute Gasteiger partial charge is 0.0640 e. The highest BCUT2D eigenvalue weighted by Crippen LogP contribution is 2.50. The van der Waals surface area contributed by atoms with Crippen LogP contribution in [-0.2, 0) is 5.41 Å². The molecule has 6 rings (SSSR count). The van der Waals surface area contributed by atoms with E-state index >= 15 is 0 Å². The summed E-state index contributed by atoms with van der Waals surface area (Å²) in [6.45, 7) is 9.31. The predicted molar refractivity (Wildman–Crippen MR) is 153 cm³/mol. The van der Waals surface area contributed by atoms with Gasteiger partial charge in [-0.1, -0.05) is 110 Å². The Morgan fingerprint density at radius 3 is 2.36 bits per heavy atom. The van der Waals surface area contributed by atoms with Crippen LogP contribution in [0.4, 0.5) is 5.69 Å². The van der Waals surface area contributed by atoms with Gasteiger partial charge in [0.1, 0.15) is 0 Å². The monoisotopic (exact) mass is 469 g/mol. The van der Waals surface area contributed by atoms with Gasteiger partial charge in [-0.2, -0.15) is 0 Å². The Morgan fingerprint density at radius 1 is 0.833 bits per heavy atom. The summed E-state index contributed by atoms with van der Waals surface area (Å²) in [6, 6.07) is 27.1. The molecule has 180 valence electrons. The van der Waals surface area contributed by atoms with Gasteiger partial charge in [0.15, 0.2) is 0 Å². The van der Waals surface area contributed by atoms with Crippen molar-refractivity contribution in [3.63, 3.8) is 0 Å². The summed E-state index contributed by atoms with van der Waals surface area (Å²) in [5, 5.41) is 0. The molecule has 0 bridgehead atoms. The number of para-hydroxylation sites is 1. The fourth-order valence-electron chi connectivity index (χ4n) is 6.39. The normalized spacial score (nSPS) is 23.5. The molecular weight excluding hydrogens is 434 g/mol. The second-order valence-corrected chi connectivity index (χ2v) is 11.3. The third kappa shape index (κ3) is 3.61.